The summed E-state index contributed by atoms with van der Waals surface area (Å²) in [6, 6.07) is 8.88. The van der Waals surface area contributed by atoms with E-state index in [9.17, 15) is 4.79 Å². The number of carbonyl (C=O) groups excluding carboxylic acids is 1. The molecule has 0 spiro atoms. The topological polar surface area (TPSA) is 63.8 Å². The highest BCUT2D eigenvalue weighted by Gasteiger charge is 2.05. The molecule has 0 radical (unpaired) electrons. The normalized spacial score (nSPS) is 10.7. The molecule has 0 saturated heterocycles. The van der Waals surface area contributed by atoms with Crippen LogP contribution in [-0.2, 0) is 4.79 Å². The first-order valence-corrected chi connectivity index (χ1v) is 7.17. The van der Waals surface area contributed by atoms with Crippen molar-refractivity contribution in [2.75, 3.05) is 6.61 Å². The number of furan rings is 1. The second-order valence-corrected chi connectivity index (χ2v) is 5.44. The van der Waals surface area contributed by atoms with Gasteiger partial charge in [-0.25, -0.2) is 5.43 Å². The molecule has 0 saturated carbocycles. The minimum atomic E-state index is -0.359. The zero-order valence-corrected chi connectivity index (χ0v) is 13.3. The maximum Gasteiger partial charge on any atom is 0.277 e. The molecule has 2 aromatic rings. The Morgan fingerprint density at radius 1 is 1.40 bits per heavy atom. The highest BCUT2D eigenvalue weighted by Crippen LogP contribution is 2.27. The third-order valence-corrected chi connectivity index (χ3v) is 3.29. The smallest absolute Gasteiger partial charge is 0.277 e. The van der Waals surface area contributed by atoms with E-state index in [0.717, 1.165) is 8.95 Å². The lowest BCUT2D eigenvalue weighted by Crippen LogP contribution is -2.24. The minimum absolute atomic E-state index is 0.129. The number of nitrogens with zero attached hydrogens (tertiary/aromatic N) is 1. The van der Waals surface area contributed by atoms with Crippen LogP contribution >= 0.6 is 31.9 Å². The predicted octanol–water partition coefficient (Wildman–Crippen LogP) is 3.33. The van der Waals surface area contributed by atoms with E-state index < -0.39 is 0 Å². The van der Waals surface area contributed by atoms with Crippen molar-refractivity contribution >= 4 is 44.0 Å². The third-order valence-electron chi connectivity index (χ3n) is 2.18. The molecule has 0 aliphatic carbocycles. The SMILES string of the molecule is O=C(COc1ccc(Br)cc1Br)NN=Cc1ccco1. The van der Waals surface area contributed by atoms with Gasteiger partial charge in [0.1, 0.15) is 11.5 Å². The molecule has 1 aromatic carbocycles. The van der Waals surface area contributed by atoms with Crippen LogP contribution in [0.2, 0.25) is 0 Å². The average molecular weight is 402 g/mol. The van der Waals surface area contributed by atoms with Gasteiger partial charge in [0, 0.05) is 4.47 Å². The van der Waals surface area contributed by atoms with Gasteiger partial charge in [-0.05, 0) is 46.3 Å². The van der Waals surface area contributed by atoms with Crippen molar-refractivity contribution in [1.82, 2.24) is 5.43 Å². The molecular weight excluding hydrogens is 392 g/mol. The number of hydrogen-bond acceptors (Lipinski definition) is 4. The van der Waals surface area contributed by atoms with Crippen molar-refractivity contribution in [2.45, 2.75) is 0 Å². The summed E-state index contributed by atoms with van der Waals surface area (Å²) in [5, 5.41) is 3.75. The van der Waals surface area contributed by atoms with Crippen molar-refractivity contribution < 1.29 is 13.9 Å². The zero-order valence-electron chi connectivity index (χ0n) is 10.2. The number of hydrogen-bond donors (Lipinski definition) is 1. The van der Waals surface area contributed by atoms with Crippen LogP contribution in [0, 0.1) is 0 Å². The monoisotopic (exact) mass is 400 g/mol. The van der Waals surface area contributed by atoms with Gasteiger partial charge in [-0.2, -0.15) is 5.10 Å². The molecule has 1 N–H and O–H groups in total. The Labute approximate surface area is 132 Å². The summed E-state index contributed by atoms with van der Waals surface area (Å²) in [5.74, 6) is 0.780. The molecule has 0 unspecified atom stereocenters. The fourth-order valence-electron chi connectivity index (χ4n) is 1.30. The molecular formula is C13H10Br2N2O3. The molecule has 0 aliphatic heterocycles. The Morgan fingerprint density at radius 3 is 2.95 bits per heavy atom. The second-order valence-electron chi connectivity index (χ2n) is 3.67. The molecule has 0 aliphatic rings. The van der Waals surface area contributed by atoms with Gasteiger partial charge in [0.15, 0.2) is 6.61 Å². The first-order chi connectivity index (χ1) is 9.65. The van der Waals surface area contributed by atoms with Gasteiger partial charge in [-0.1, -0.05) is 15.9 Å². The van der Waals surface area contributed by atoms with Gasteiger partial charge in [0.25, 0.3) is 5.91 Å². The van der Waals surface area contributed by atoms with E-state index >= 15 is 0 Å². The van der Waals surface area contributed by atoms with E-state index in [2.05, 4.69) is 42.4 Å². The molecule has 1 amide bonds. The summed E-state index contributed by atoms with van der Waals surface area (Å²) in [4.78, 5) is 11.5. The molecule has 5 nitrogen and oxygen atoms in total. The van der Waals surface area contributed by atoms with E-state index in [4.69, 9.17) is 9.15 Å². The van der Waals surface area contributed by atoms with Crippen LogP contribution in [0.25, 0.3) is 0 Å². The van der Waals surface area contributed by atoms with Crippen molar-refractivity contribution in [2.24, 2.45) is 5.10 Å². The van der Waals surface area contributed by atoms with Crippen molar-refractivity contribution in [1.29, 1.82) is 0 Å². The number of halogens is 2. The fraction of sp³-hybridized carbons (Fsp3) is 0.0769. The van der Waals surface area contributed by atoms with E-state index in [0.29, 0.717) is 11.5 Å². The molecule has 1 heterocycles. The largest absolute Gasteiger partial charge is 0.483 e. The minimum Gasteiger partial charge on any atom is -0.483 e. The van der Waals surface area contributed by atoms with Crippen molar-refractivity contribution in [3.8, 4) is 5.75 Å². The first kappa shape index (κ1) is 14.8. The lowest BCUT2D eigenvalue weighted by molar-refractivity contribution is -0.123. The Morgan fingerprint density at radius 2 is 2.25 bits per heavy atom. The number of ether oxygens (including phenoxy) is 1. The van der Waals surface area contributed by atoms with Crippen molar-refractivity contribution in [3.05, 3.63) is 51.3 Å². The summed E-state index contributed by atoms with van der Waals surface area (Å²) in [7, 11) is 0. The van der Waals surface area contributed by atoms with Crippen LogP contribution in [-0.4, -0.2) is 18.7 Å². The zero-order chi connectivity index (χ0) is 14.4. The van der Waals surface area contributed by atoms with E-state index in [1.54, 1.807) is 18.2 Å². The molecule has 104 valence electrons. The number of rotatable bonds is 5. The van der Waals surface area contributed by atoms with Gasteiger partial charge in [0.2, 0.25) is 0 Å². The third kappa shape index (κ3) is 4.50. The van der Waals surface area contributed by atoms with Crippen LogP contribution < -0.4 is 10.2 Å². The highest BCUT2D eigenvalue weighted by atomic mass is 79.9. The first-order valence-electron chi connectivity index (χ1n) is 5.58. The van der Waals surface area contributed by atoms with Gasteiger partial charge in [-0.3, -0.25) is 4.79 Å². The lowest BCUT2D eigenvalue weighted by Gasteiger charge is -2.07. The molecule has 0 bridgehead atoms. The molecule has 0 fully saturated rings. The summed E-state index contributed by atoms with van der Waals surface area (Å²) >= 11 is 6.68. The Bertz CT molecular complexity index is 612. The van der Waals surface area contributed by atoms with Gasteiger partial charge >= 0.3 is 0 Å². The number of nitrogens with one attached hydrogen (secondary N) is 1. The van der Waals surface area contributed by atoms with Gasteiger partial charge < -0.3 is 9.15 Å². The lowest BCUT2D eigenvalue weighted by atomic mass is 10.3. The molecule has 0 atom stereocenters. The second kappa shape index (κ2) is 7.25. The van der Waals surface area contributed by atoms with E-state index in [-0.39, 0.29) is 12.5 Å². The summed E-state index contributed by atoms with van der Waals surface area (Å²) < 4.78 is 12.1. The van der Waals surface area contributed by atoms with Crippen molar-refractivity contribution in [3.63, 3.8) is 0 Å². The Balaban J connectivity index is 1.80. The predicted molar refractivity (Wildman–Crippen MR) is 81.8 cm³/mol. The van der Waals surface area contributed by atoms with E-state index in [1.807, 2.05) is 12.1 Å². The maximum absolute atomic E-state index is 11.5. The standard InChI is InChI=1S/C13H10Br2N2O3/c14-9-3-4-12(11(15)6-9)20-8-13(18)17-16-7-10-2-1-5-19-10/h1-7H,8H2,(H,17,18). The van der Waals surface area contributed by atoms with Gasteiger partial charge in [0.05, 0.1) is 17.0 Å². The highest BCUT2D eigenvalue weighted by molar-refractivity contribution is 9.11. The van der Waals surface area contributed by atoms with Crippen LogP contribution in [0.4, 0.5) is 0 Å². The Kier molecular flexibility index (Phi) is 5.37. The number of amides is 1. The van der Waals surface area contributed by atoms with E-state index in [1.165, 1.54) is 12.5 Å². The fourth-order valence-corrected chi connectivity index (χ4v) is 2.46. The summed E-state index contributed by atoms with van der Waals surface area (Å²) in [6.07, 6.45) is 2.94. The summed E-state index contributed by atoms with van der Waals surface area (Å²) in [6.45, 7) is -0.129. The van der Waals surface area contributed by atoms with Crippen LogP contribution in [0.15, 0.2) is 55.1 Å². The van der Waals surface area contributed by atoms with Crippen LogP contribution in [0.3, 0.4) is 0 Å². The van der Waals surface area contributed by atoms with Gasteiger partial charge in [-0.15, -0.1) is 0 Å². The average Bonchev–Trinajstić information content (AvgIpc) is 2.91. The molecule has 1 aromatic heterocycles. The number of hydrazone groups is 1. The molecule has 7 heteroatoms. The molecule has 20 heavy (non-hydrogen) atoms. The number of carbonyl (C=O) groups is 1. The Hall–Kier alpha value is -1.60. The van der Waals surface area contributed by atoms with Crippen LogP contribution in [0.5, 0.6) is 5.75 Å². The van der Waals surface area contributed by atoms with Crippen LogP contribution in [0.1, 0.15) is 5.76 Å². The summed E-state index contributed by atoms with van der Waals surface area (Å²) in [5.41, 5.74) is 2.34. The number of benzene rings is 1. The molecule has 2 rings (SSSR count). The maximum atomic E-state index is 11.5. The quantitative estimate of drug-likeness (QED) is 0.617.